The Morgan fingerprint density at radius 1 is 1.56 bits per heavy atom. The molecule has 0 unspecified atom stereocenters. The molecule has 0 saturated heterocycles. The number of hydrogen-bond acceptors (Lipinski definition) is 4. The third-order valence-corrected chi connectivity index (χ3v) is 1.89. The van der Waals surface area contributed by atoms with Gasteiger partial charge in [-0.25, -0.2) is 0 Å². The average molecular weight is 222 g/mol. The van der Waals surface area contributed by atoms with E-state index in [1.54, 1.807) is 12.4 Å². The lowest BCUT2D eigenvalue weighted by atomic mass is 10.1. The third kappa shape index (κ3) is 4.40. The van der Waals surface area contributed by atoms with Crippen LogP contribution < -0.4 is 5.73 Å². The van der Waals surface area contributed by atoms with Gasteiger partial charge in [-0.05, 0) is 38.8 Å². The van der Waals surface area contributed by atoms with E-state index in [1.165, 1.54) is 0 Å². The van der Waals surface area contributed by atoms with Crippen LogP contribution in [0, 0.1) is 0 Å². The van der Waals surface area contributed by atoms with Gasteiger partial charge >= 0.3 is 5.97 Å². The predicted molar refractivity (Wildman–Crippen MR) is 61.8 cm³/mol. The molecule has 0 spiro atoms. The Labute approximate surface area is 95.8 Å². The molecule has 4 nitrogen and oxygen atoms in total. The molecule has 0 bridgehead atoms. The summed E-state index contributed by atoms with van der Waals surface area (Å²) in [5.41, 5.74) is 6.19. The minimum absolute atomic E-state index is 0.378. The first kappa shape index (κ1) is 12.6. The molecule has 0 radical (unpaired) electrons. The fraction of sp³-hybridized carbons (Fsp3) is 0.500. The molecule has 1 rings (SSSR count). The lowest BCUT2D eigenvalue weighted by Gasteiger charge is -2.22. The lowest BCUT2D eigenvalue weighted by molar-refractivity contribution is -0.156. The number of carbonyl (C=O) groups is 1. The van der Waals surface area contributed by atoms with E-state index in [-0.39, 0.29) is 5.97 Å². The average Bonchev–Trinajstić information content (AvgIpc) is 2.16. The van der Waals surface area contributed by atoms with Crippen molar-refractivity contribution in [2.75, 3.05) is 0 Å². The highest BCUT2D eigenvalue weighted by Crippen LogP contribution is 2.09. The number of nitrogens with zero attached hydrogens (tertiary/aromatic N) is 1. The molecule has 16 heavy (non-hydrogen) atoms. The van der Waals surface area contributed by atoms with Gasteiger partial charge in [0.1, 0.15) is 11.6 Å². The summed E-state index contributed by atoms with van der Waals surface area (Å²) in [6.07, 6.45) is 3.83. The van der Waals surface area contributed by atoms with Gasteiger partial charge in [-0.15, -0.1) is 0 Å². The van der Waals surface area contributed by atoms with Crippen molar-refractivity contribution in [3.05, 3.63) is 30.1 Å². The molecule has 1 heterocycles. The first-order valence-electron chi connectivity index (χ1n) is 5.26. The number of hydrogen-bond donors (Lipinski definition) is 1. The summed E-state index contributed by atoms with van der Waals surface area (Å²) in [4.78, 5) is 15.6. The van der Waals surface area contributed by atoms with Crippen LogP contribution in [0.25, 0.3) is 0 Å². The Morgan fingerprint density at radius 3 is 2.75 bits per heavy atom. The number of nitrogens with two attached hydrogens (primary N) is 1. The summed E-state index contributed by atoms with van der Waals surface area (Å²) in [6, 6.07) is 3.07. The summed E-state index contributed by atoms with van der Waals surface area (Å²) in [6.45, 7) is 5.46. The van der Waals surface area contributed by atoms with Gasteiger partial charge in [0.05, 0.1) is 0 Å². The number of rotatable bonds is 3. The first-order valence-corrected chi connectivity index (χ1v) is 5.26. The molecule has 1 atom stereocenters. The first-order chi connectivity index (χ1) is 7.38. The second-order valence-corrected chi connectivity index (χ2v) is 4.71. The van der Waals surface area contributed by atoms with Crippen LogP contribution in [0.5, 0.6) is 0 Å². The molecule has 0 saturated carbocycles. The van der Waals surface area contributed by atoms with Crippen molar-refractivity contribution in [3.8, 4) is 0 Å². The van der Waals surface area contributed by atoms with Crippen molar-refractivity contribution in [2.45, 2.75) is 38.8 Å². The van der Waals surface area contributed by atoms with Crippen LogP contribution in [-0.4, -0.2) is 22.6 Å². The smallest absolute Gasteiger partial charge is 0.323 e. The van der Waals surface area contributed by atoms with Crippen LogP contribution in [0.2, 0.25) is 0 Å². The molecule has 0 fully saturated rings. The zero-order chi connectivity index (χ0) is 12.2. The molecule has 1 aromatic heterocycles. The lowest BCUT2D eigenvalue weighted by Crippen LogP contribution is -2.38. The minimum Gasteiger partial charge on any atom is -0.459 e. The van der Waals surface area contributed by atoms with Gasteiger partial charge in [-0.1, -0.05) is 6.07 Å². The van der Waals surface area contributed by atoms with Crippen molar-refractivity contribution in [1.29, 1.82) is 0 Å². The van der Waals surface area contributed by atoms with Crippen LogP contribution in [0.3, 0.4) is 0 Å². The number of carbonyl (C=O) groups excluding carboxylic acids is 1. The highest BCUT2D eigenvalue weighted by molar-refractivity contribution is 5.76. The molecule has 0 aromatic carbocycles. The second kappa shape index (κ2) is 5.07. The molecule has 0 aliphatic heterocycles. The Bertz CT molecular complexity index is 344. The van der Waals surface area contributed by atoms with E-state index < -0.39 is 11.6 Å². The molecule has 2 N–H and O–H groups in total. The van der Waals surface area contributed by atoms with E-state index >= 15 is 0 Å². The monoisotopic (exact) mass is 222 g/mol. The molecular weight excluding hydrogens is 204 g/mol. The molecule has 0 aliphatic rings. The predicted octanol–water partition coefficient (Wildman–Crippen LogP) is 1.29. The van der Waals surface area contributed by atoms with E-state index in [9.17, 15) is 4.79 Å². The van der Waals surface area contributed by atoms with Crippen LogP contribution in [-0.2, 0) is 16.0 Å². The van der Waals surface area contributed by atoms with Crippen molar-refractivity contribution in [3.63, 3.8) is 0 Å². The summed E-state index contributed by atoms with van der Waals surface area (Å²) >= 11 is 0. The van der Waals surface area contributed by atoms with Gasteiger partial charge in [-0.2, -0.15) is 0 Å². The van der Waals surface area contributed by atoms with Crippen LogP contribution in [0.4, 0.5) is 0 Å². The Morgan fingerprint density at radius 2 is 2.25 bits per heavy atom. The minimum atomic E-state index is -0.636. The van der Waals surface area contributed by atoms with E-state index in [0.717, 1.165) is 5.56 Å². The number of pyridine rings is 1. The second-order valence-electron chi connectivity index (χ2n) is 4.71. The van der Waals surface area contributed by atoms with Crippen molar-refractivity contribution in [2.24, 2.45) is 5.73 Å². The molecule has 0 amide bonds. The van der Waals surface area contributed by atoms with Crippen molar-refractivity contribution >= 4 is 5.97 Å². The van der Waals surface area contributed by atoms with Crippen molar-refractivity contribution in [1.82, 2.24) is 4.98 Å². The maximum atomic E-state index is 11.6. The van der Waals surface area contributed by atoms with Gasteiger partial charge in [0.25, 0.3) is 0 Å². The normalized spacial score (nSPS) is 13.2. The summed E-state index contributed by atoms with van der Waals surface area (Å²) < 4.78 is 5.19. The van der Waals surface area contributed by atoms with E-state index in [1.807, 2.05) is 32.9 Å². The van der Waals surface area contributed by atoms with E-state index in [4.69, 9.17) is 10.5 Å². The summed E-state index contributed by atoms with van der Waals surface area (Å²) in [5.74, 6) is -0.378. The van der Waals surface area contributed by atoms with Crippen LogP contribution in [0.15, 0.2) is 24.5 Å². The SMILES string of the molecule is CC(C)(C)OC(=O)[C@H](N)Cc1cccnc1. The fourth-order valence-electron chi connectivity index (χ4n) is 1.23. The number of ether oxygens (including phenoxy) is 1. The molecular formula is C12H18N2O2. The Hall–Kier alpha value is -1.42. The van der Waals surface area contributed by atoms with Crippen LogP contribution in [0.1, 0.15) is 26.3 Å². The molecule has 0 aliphatic carbocycles. The highest BCUT2D eigenvalue weighted by atomic mass is 16.6. The van der Waals surface area contributed by atoms with E-state index in [0.29, 0.717) is 6.42 Å². The number of aromatic nitrogens is 1. The molecule has 1 aromatic rings. The standard InChI is InChI=1S/C12H18N2O2/c1-12(2,3)16-11(15)10(13)7-9-5-4-6-14-8-9/h4-6,8,10H,7,13H2,1-3H3/t10-/m1/s1. The Balaban J connectivity index is 2.53. The molecule has 88 valence electrons. The van der Waals surface area contributed by atoms with Gasteiger partial charge in [0.2, 0.25) is 0 Å². The molecule has 4 heteroatoms. The Kier molecular flexibility index (Phi) is 4.01. The zero-order valence-corrected chi connectivity index (χ0v) is 9.93. The van der Waals surface area contributed by atoms with Crippen molar-refractivity contribution < 1.29 is 9.53 Å². The summed E-state index contributed by atoms with van der Waals surface area (Å²) in [7, 11) is 0. The fourth-order valence-corrected chi connectivity index (χ4v) is 1.23. The third-order valence-electron chi connectivity index (χ3n) is 1.89. The van der Waals surface area contributed by atoms with E-state index in [2.05, 4.69) is 4.98 Å². The maximum Gasteiger partial charge on any atom is 0.323 e. The number of esters is 1. The van der Waals surface area contributed by atoms with Gasteiger partial charge in [-0.3, -0.25) is 9.78 Å². The quantitative estimate of drug-likeness (QED) is 0.783. The topological polar surface area (TPSA) is 65.2 Å². The van der Waals surface area contributed by atoms with Gasteiger partial charge in [0, 0.05) is 12.4 Å². The maximum absolute atomic E-state index is 11.6. The zero-order valence-electron chi connectivity index (χ0n) is 9.93. The summed E-state index contributed by atoms with van der Waals surface area (Å²) in [5, 5.41) is 0. The highest BCUT2D eigenvalue weighted by Gasteiger charge is 2.22. The largest absolute Gasteiger partial charge is 0.459 e. The van der Waals surface area contributed by atoms with Gasteiger partial charge < -0.3 is 10.5 Å². The van der Waals surface area contributed by atoms with Gasteiger partial charge in [0.15, 0.2) is 0 Å². The van der Waals surface area contributed by atoms with Crippen LogP contribution >= 0.6 is 0 Å².